The monoisotopic (exact) mass is 398 g/mol. The topological polar surface area (TPSA) is 66.5 Å². The van der Waals surface area contributed by atoms with Crippen LogP contribution in [0.5, 0.6) is 0 Å². The van der Waals surface area contributed by atoms with E-state index in [0.29, 0.717) is 5.69 Å². The number of amides is 3. The van der Waals surface area contributed by atoms with Crippen molar-refractivity contribution in [2.75, 3.05) is 10.2 Å². The Bertz CT molecular complexity index is 1090. The van der Waals surface area contributed by atoms with Crippen molar-refractivity contribution in [2.24, 2.45) is 23.7 Å². The van der Waals surface area contributed by atoms with Crippen LogP contribution in [-0.4, -0.2) is 17.7 Å². The van der Waals surface area contributed by atoms with E-state index < -0.39 is 0 Å². The van der Waals surface area contributed by atoms with Crippen molar-refractivity contribution in [2.45, 2.75) is 13.3 Å². The highest BCUT2D eigenvalue weighted by Gasteiger charge is 2.59. The van der Waals surface area contributed by atoms with Gasteiger partial charge in [-0.2, -0.15) is 0 Å². The van der Waals surface area contributed by atoms with E-state index in [4.69, 9.17) is 0 Å². The molecule has 1 saturated carbocycles. The third kappa shape index (κ3) is 2.98. The summed E-state index contributed by atoms with van der Waals surface area (Å²) in [6.07, 6.45) is 8.24. The lowest BCUT2D eigenvalue weighted by Crippen LogP contribution is -2.32. The zero-order valence-corrected chi connectivity index (χ0v) is 16.6. The fraction of sp³-hybridized carbons (Fsp3) is 0.240. The first-order valence-electron chi connectivity index (χ1n) is 10.2. The maximum absolute atomic E-state index is 13.0. The molecule has 0 spiro atoms. The Labute approximate surface area is 175 Å². The minimum absolute atomic E-state index is 0.0970. The first kappa shape index (κ1) is 18.6. The number of hydrogen-bond acceptors (Lipinski definition) is 3. The van der Waals surface area contributed by atoms with Crippen molar-refractivity contribution in [3.8, 4) is 0 Å². The van der Waals surface area contributed by atoms with Crippen molar-refractivity contribution in [3.63, 3.8) is 0 Å². The summed E-state index contributed by atoms with van der Waals surface area (Å²) in [5, 5.41) is 2.86. The molecule has 3 amide bonds. The molecule has 0 unspecified atom stereocenters. The van der Waals surface area contributed by atoms with Gasteiger partial charge in [-0.1, -0.05) is 42.5 Å². The Hall–Kier alpha value is -3.47. The van der Waals surface area contributed by atoms with E-state index >= 15 is 0 Å². The van der Waals surface area contributed by atoms with E-state index in [2.05, 4.69) is 17.5 Å². The molecule has 3 aliphatic rings. The Morgan fingerprint density at radius 2 is 1.70 bits per heavy atom. The predicted octanol–water partition coefficient (Wildman–Crippen LogP) is 3.96. The molecule has 30 heavy (non-hydrogen) atoms. The minimum atomic E-state index is -0.236. The van der Waals surface area contributed by atoms with Gasteiger partial charge in [-0.3, -0.25) is 14.4 Å². The zero-order chi connectivity index (χ0) is 20.8. The number of allylic oxidation sites excluding steroid dienone is 2. The van der Waals surface area contributed by atoms with E-state index in [9.17, 15) is 14.4 Å². The molecule has 150 valence electrons. The molecule has 5 rings (SSSR count). The summed E-state index contributed by atoms with van der Waals surface area (Å²) >= 11 is 0. The maximum Gasteiger partial charge on any atom is 0.248 e. The lowest BCUT2D eigenvalue weighted by atomic mass is 9.85. The molecule has 5 nitrogen and oxygen atoms in total. The third-order valence-electron chi connectivity index (χ3n) is 6.43. The molecular weight excluding hydrogens is 376 g/mol. The van der Waals surface area contributed by atoms with Gasteiger partial charge < -0.3 is 5.32 Å². The van der Waals surface area contributed by atoms with Crippen LogP contribution in [0, 0.1) is 30.6 Å². The van der Waals surface area contributed by atoms with Gasteiger partial charge in [0.25, 0.3) is 0 Å². The van der Waals surface area contributed by atoms with Gasteiger partial charge in [-0.05, 0) is 60.6 Å². The fourth-order valence-electron chi connectivity index (χ4n) is 4.98. The Balaban J connectivity index is 1.33. The van der Waals surface area contributed by atoms with E-state index in [-0.39, 0.29) is 41.4 Å². The quantitative estimate of drug-likeness (QED) is 0.482. The van der Waals surface area contributed by atoms with Crippen LogP contribution in [0.25, 0.3) is 6.08 Å². The molecule has 1 N–H and O–H groups in total. The van der Waals surface area contributed by atoms with Crippen molar-refractivity contribution in [3.05, 3.63) is 77.9 Å². The van der Waals surface area contributed by atoms with Gasteiger partial charge >= 0.3 is 0 Å². The van der Waals surface area contributed by atoms with Gasteiger partial charge in [0.1, 0.15) is 0 Å². The highest BCUT2D eigenvalue weighted by atomic mass is 16.2. The molecule has 5 heteroatoms. The lowest BCUT2D eigenvalue weighted by Gasteiger charge is -2.17. The molecule has 2 fully saturated rings. The summed E-state index contributed by atoms with van der Waals surface area (Å²) in [6, 6.07) is 14.8. The Kier molecular flexibility index (Phi) is 4.39. The first-order chi connectivity index (χ1) is 14.5. The number of rotatable bonds is 4. The predicted molar refractivity (Wildman–Crippen MR) is 115 cm³/mol. The van der Waals surface area contributed by atoms with Gasteiger partial charge in [-0.25, -0.2) is 4.90 Å². The van der Waals surface area contributed by atoms with Crippen LogP contribution in [0.1, 0.15) is 17.5 Å². The number of hydrogen-bond donors (Lipinski definition) is 1. The number of imide groups is 1. The average Bonchev–Trinajstić information content (AvgIpc) is 3.42. The molecule has 1 heterocycles. The van der Waals surface area contributed by atoms with Gasteiger partial charge in [0.2, 0.25) is 17.7 Å². The second kappa shape index (κ2) is 7.10. The Morgan fingerprint density at radius 3 is 2.40 bits per heavy atom. The number of fused-ring (bicyclic) bond motifs is 5. The number of aryl methyl sites for hydroxylation is 1. The lowest BCUT2D eigenvalue weighted by molar-refractivity contribution is -0.123. The number of carbonyl (C=O) groups is 3. The molecule has 1 aliphatic heterocycles. The van der Waals surface area contributed by atoms with Crippen LogP contribution in [-0.2, 0) is 14.4 Å². The standard InChI is InChI=1S/C25H22N2O3/c1-15-5-2-3-8-20(15)26-21(28)12-9-16-6-4-7-19(13-16)27-24(29)22-17-10-11-18(14-17)23(22)25(27)30/h2-13,17-18,22-23H,14H2,1H3,(H,26,28)/b12-9-/t17-,18-,22-,23-/m0/s1. The highest BCUT2D eigenvalue weighted by Crippen LogP contribution is 2.53. The first-order valence-corrected chi connectivity index (χ1v) is 10.2. The summed E-state index contributed by atoms with van der Waals surface area (Å²) in [4.78, 5) is 39.6. The number of benzene rings is 2. The number of para-hydroxylation sites is 1. The van der Waals surface area contributed by atoms with Gasteiger partial charge in [0.05, 0.1) is 17.5 Å². The molecular formula is C25H22N2O3. The normalized spacial score (nSPS) is 26.6. The van der Waals surface area contributed by atoms with Crippen LogP contribution in [0.2, 0.25) is 0 Å². The summed E-state index contributed by atoms with van der Waals surface area (Å²) < 4.78 is 0. The maximum atomic E-state index is 13.0. The third-order valence-corrected chi connectivity index (χ3v) is 6.43. The highest BCUT2D eigenvalue weighted by molar-refractivity contribution is 6.22. The largest absolute Gasteiger partial charge is 0.322 e. The van der Waals surface area contributed by atoms with E-state index in [0.717, 1.165) is 23.2 Å². The van der Waals surface area contributed by atoms with Crippen molar-refractivity contribution >= 4 is 35.2 Å². The Morgan fingerprint density at radius 1 is 1.00 bits per heavy atom. The summed E-state index contributed by atoms with van der Waals surface area (Å²) in [7, 11) is 0. The number of nitrogens with one attached hydrogen (secondary N) is 1. The number of carbonyl (C=O) groups excluding carboxylic acids is 3. The zero-order valence-electron chi connectivity index (χ0n) is 16.6. The van der Waals surface area contributed by atoms with Gasteiger partial charge in [0, 0.05) is 11.8 Å². The molecule has 0 aromatic heterocycles. The summed E-state index contributed by atoms with van der Waals surface area (Å²) in [5.41, 5.74) is 3.08. The van der Waals surface area contributed by atoms with Gasteiger partial charge in [0.15, 0.2) is 0 Å². The number of anilines is 2. The van der Waals surface area contributed by atoms with Crippen LogP contribution < -0.4 is 10.2 Å². The van der Waals surface area contributed by atoms with Crippen LogP contribution >= 0.6 is 0 Å². The molecule has 4 atom stereocenters. The molecule has 2 bridgehead atoms. The molecule has 2 aromatic rings. The van der Waals surface area contributed by atoms with Crippen molar-refractivity contribution in [1.82, 2.24) is 0 Å². The molecule has 1 saturated heterocycles. The molecule has 2 aliphatic carbocycles. The second-order valence-corrected chi connectivity index (χ2v) is 8.24. The second-order valence-electron chi connectivity index (χ2n) is 8.24. The van der Waals surface area contributed by atoms with Crippen LogP contribution in [0.3, 0.4) is 0 Å². The smallest absolute Gasteiger partial charge is 0.248 e. The van der Waals surface area contributed by atoms with Gasteiger partial charge in [-0.15, -0.1) is 0 Å². The fourth-order valence-corrected chi connectivity index (χ4v) is 4.98. The van der Waals surface area contributed by atoms with E-state index in [1.54, 1.807) is 24.3 Å². The average molecular weight is 398 g/mol. The molecule has 0 radical (unpaired) electrons. The van der Waals surface area contributed by atoms with E-state index in [1.165, 1.54) is 11.0 Å². The summed E-state index contributed by atoms with van der Waals surface area (Å²) in [6.45, 7) is 1.93. The van der Waals surface area contributed by atoms with Crippen LogP contribution in [0.15, 0.2) is 66.8 Å². The summed E-state index contributed by atoms with van der Waals surface area (Å²) in [5.74, 6) is -0.483. The van der Waals surface area contributed by atoms with E-state index in [1.807, 2.05) is 37.3 Å². The van der Waals surface area contributed by atoms with Crippen molar-refractivity contribution in [1.29, 1.82) is 0 Å². The minimum Gasteiger partial charge on any atom is -0.322 e. The van der Waals surface area contributed by atoms with Crippen LogP contribution in [0.4, 0.5) is 11.4 Å². The molecule has 2 aromatic carbocycles. The van der Waals surface area contributed by atoms with Crippen molar-refractivity contribution < 1.29 is 14.4 Å². The SMILES string of the molecule is Cc1ccccc1NC(=O)/C=C\c1cccc(N2C(=O)[C@@H]3[C@@H](C2=O)[C@H]2C=C[C@H]3C2)c1. The number of nitrogens with zero attached hydrogens (tertiary/aromatic N) is 1.